The molecule has 0 aromatic carbocycles. The van der Waals surface area contributed by atoms with Crippen LogP contribution in [0.1, 0.15) is 27.7 Å². The van der Waals surface area contributed by atoms with Crippen LogP contribution < -0.4 is 5.32 Å². The van der Waals surface area contributed by atoms with Crippen molar-refractivity contribution in [1.82, 2.24) is 10.2 Å². The van der Waals surface area contributed by atoms with Gasteiger partial charge in [-0.1, -0.05) is 20.8 Å². The molecule has 0 bridgehead atoms. The van der Waals surface area contributed by atoms with E-state index in [-0.39, 0.29) is 5.60 Å². The van der Waals surface area contributed by atoms with Crippen LogP contribution in [0.4, 0.5) is 0 Å². The van der Waals surface area contributed by atoms with Crippen molar-refractivity contribution >= 4 is 0 Å². The Balaban J connectivity index is 0. The van der Waals surface area contributed by atoms with Crippen molar-refractivity contribution in [2.75, 3.05) is 40.8 Å². The Labute approximate surface area is 89.8 Å². The molecule has 3 nitrogen and oxygen atoms in total. The predicted molar refractivity (Wildman–Crippen MR) is 63.9 cm³/mol. The highest BCUT2D eigenvalue weighted by Gasteiger charge is 2.23. The fourth-order valence-corrected chi connectivity index (χ4v) is 1.25. The Bertz CT molecular complexity index is 120. The summed E-state index contributed by atoms with van der Waals surface area (Å²) in [6.45, 7) is 11.2. The van der Waals surface area contributed by atoms with Crippen LogP contribution >= 0.6 is 0 Å². The molecule has 1 N–H and O–H groups in total. The molecule has 0 amide bonds. The highest BCUT2D eigenvalue weighted by molar-refractivity contribution is 4.79. The van der Waals surface area contributed by atoms with E-state index in [0.717, 1.165) is 19.6 Å². The average molecular weight is 204 g/mol. The molecule has 0 radical (unpaired) electrons. The maximum absolute atomic E-state index is 5.45. The van der Waals surface area contributed by atoms with Crippen LogP contribution in [0.3, 0.4) is 0 Å². The van der Waals surface area contributed by atoms with E-state index in [4.69, 9.17) is 4.74 Å². The van der Waals surface area contributed by atoms with Gasteiger partial charge in [0.15, 0.2) is 0 Å². The van der Waals surface area contributed by atoms with Crippen LogP contribution in [-0.2, 0) is 4.74 Å². The summed E-state index contributed by atoms with van der Waals surface area (Å²) in [7, 11) is 5.82. The molecule has 0 aromatic heterocycles. The normalized spacial score (nSPS) is 14.6. The van der Waals surface area contributed by atoms with Gasteiger partial charge >= 0.3 is 0 Å². The molecule has 3 heteroatoms. The third-order valence-corrected chi connectivity index (χ3v) is 2.19. The van der Waals surface area contributed by atoms with Crippen LogP contribution in [0.25, 0.3) is 0 Å². The van der Waals surface area contributed by atoms with Crippen molar-refractivity contribution in [3.8, 4) is 0 Å². The van der Waals surface area contributed by atoms with Crippen LogP contribution in [0.15, 0.2) is 0 Å². The second-order valence-electron chi connectivity index (χ2n) is 3.51. The molecule has 1 atom stereocenters. The van der Waals surface area contributed by atoms with Crippen LogP contribution in [0.5, 0.6) is 0 Å². The van der Waals surface area contributed by atoms with Gasteiger partial charge in [-0.05, 0) is 27.6 Å². The van der Waals surface area contributed by atoms with Crippen molar-refractivity contribution < 1.29 is 4.74 Å². The fourth-order valence-electron chi connectivity index (χ4n) is 1.25. The molecule has 0 aromatic rings. The number of ether oxygens (including phenoxy) is 1. The van der Waals surface area contributed by atoms with Gasteiger partial charge < -0.3 is 15.0 Å². The highest BCUT2D eigenvalue weighted by atomic mass is 16.5. The van der Waals surface area contributed by atoms with E-state index in [9.17, 15) is 0 Å². The van der Waals surface area contributed by atoms with Gasteiger partial charge in [0.05, 0.1) is 5.60 Å². The summed E-state index contributed by atoms with van der Waals surface area (Å²) >= 11 is 0. The standard InChI is InChI=1S/C9H22N2O.C2H6/c1-6-11(4)8-9(2,12-5)7-10-3;1-2/h10H,6-8H2,1-5H3;1-2H3. The Morgan fingerprint density at radius 3 is 2.14 bits per heavy atom. The zero-order valence-electron chi connectivity index (χ0n) is 11.0. The minimum Gasteiger partial charge on any atom is -0.376 e. The van der Waals surface area contributed by atoms with Crippen LogP contribution in [0.2, 0.25) is 0 Å². The smallest absolute Gasteiger partial charge is 0.0900 e. The summed E-state index contributed by atoms with van der Waals surface area (Å²) < 4.78 is 5.45. The van der Waals surface area contributed by atoms with Crippen LogP contribution in [0, 0.1) is 0 Å². The quantitative estimate of drug-likeness (QED) is 0.711. The van der Waals surface area contributed by atoms with Gasteiger partial charge in [0.25, 0.3) is 0 Å². The first-order chi connectivity index (χ1) is 6.58. The van der Waals surface area contributed by atoms with E-state index < -0.39 is 0 Å². The van der Waals surface area contributed by atoms with Gasteiger partial charge in [-0.3, -0.25) is 0 Å². The second-order valence-corrected chi connectivity index (χ2v) is 3.51. The van der Waals surface area contributed by atoms with Crippen molar-refractivity contribution in [2.45, 2.75) is 33.3 Å². The number of methoxy groups -OCH3 is 1. The number of rotatable bonds is 6. The maximum atomic E-state index is 5.45. The first kappa shape index (κ1) is 16.3. The minimum absolute atomic E-state index is 0.0699. The maximum Gasteiger partial charge on any atom is 0.0900 e. The molecule has 0 spiro atoms. The zero-order chi connectivity index (χ0) is 11.6. The largest absolute Gasteiger partial charge is 0.376 e. The van der Waals surface area contributed by atoms with Crippen molar-refractivity contribution in [3.63, 3.8) is 0 Å². The molecule has 0 fully saturated rings. The molecule has 88 valence electrons. The third kappa shape index (κ3) is 7.30. The number of likely N-dealkylation sites (N-methyl/N-ethyl adjacent to an activating group) is 2. The summed E-state index contributed by atoms with van der Waals surface area (Å²) in [6.07, 6.45) is 0. The molecular weight excluding hydrogens is 176 g/mol. The first-order valence-electron chi connectivity index (χ1n) is 5.46. The molecule has 0 rings (SSSR count). The lowest BCUT2D eigenvalue weighted by atomic mass is 10.1. The lowest BCUT2D eigenvalue weighted by Crippen LogP contribution is -2.47. The van der Waals surface area contributed by atoms with Gasteiger partial charge in [0.2, 0.25) is 0 Å². The Hall–Kier alpha value is -0.120. The minimum atomic E-state index is -0.0699. The lowest BCUT2D eigenvalue weighted by Gasteiger charge is -2.32. The van der Waals surface area contributed by atoms with Crippen LogP contribution in [-0.4, -0.2) is 51.3 Å². The molecule has 0 heterocycles. The van der Waals surface area contributed by atoms with Gasteiger partial charge in [-0.15, -0.1) is 0 Å². The third-order valence-electron chi connectivity index (χ3n) is 2.19. The monoisotopic (exact) mass is 204 g/mol. The Kier molecular flexibility index (Phi) is 11.0. The van der Waals surface area contributed by atoms with Gasteiger partial charge in [0.1, 0.15) is 0 Å². The lowest BCUT2D eigenvalue weighted by molar-refractivity contribution is -0.0139. The number of nitrogens with one attached hydrogen (secondary N) is 1. The van der Waals surface area contributed by atoms with E-state index >= 15 is 0 Å². The Morgan fingerprint density at radius 2 is 1.86 bits per heavy atom. The summed E-state index contributed by atoms with van der Waals surface area (Å²) in [5.41, 5.74) is -0.0699. The molecule has 1 unspecified atom stereocenters. The summed E-state index contributed by atoms with van der Waals surface area (Å²) in [5.74, 6) is 0. The highest BCUT2D eigenvalue weighted by Crippen LogP contribution is 2.08. The predicted octanol–water partition coefficient (Wildman–Crippen LogP) is 1.59. The molecule has 0 saturated heterocycles. The first-order valence-corrected chi connectivity index (χ1v) is 5.46. The van der Waals surface area contributed by atoms with Crippen molar-refractivity contribution in [2.24, 2.45) is 0 Å². The topological polar surface area (TPSA) is 24.5 Å². The molecule has 0 aliphatic carbocycles. The number of hydrogen-bond donors (Lipinski definition) is 1. The summed E-state index contributed by atoms with van der Waals surface area (Å²) in [5, 5.41) is 3.14. The summed E-state index contributed by atoms with van der Waals surface area (Å²) in [6, 6.07) is 0. The van der Waals surface area contributed by atoms with Crippen molar-refractivity contribution in [3.05, 3.63) is 0 Å². The van der Waals surface area contributed by atoms with E-state index in [2.05, 4.69) is 31.1 Å². The van der Waals surface area contributed by atoms with E-state index in [1.807, 2.05) is 20.9 Å². The molecule has 0 aliphatic rings. The van der Waals surface area contributed by atoms with E-state index in [0.29, 0.717) is 0 Å². The zero-order valence-corrected chi connectivity index (χ0v) is 11.0. The van der Waals surface area contributed by atoms with Crippen molar-refractivity contribution in [1.29, 1.82) is 0 Å². The van der Waals surface area contributed by atoms with Gasteiger partial charge in [-0.2, -0.15) is 0 Å². The average Bonchev–Trinajstić information content (AvgIpc) is 2.21. The number of nitrogens with zero attached hydrogens (tertiary/aromatic N) is 1. The molecule has 0 saturated carbocycles. The summed E-state index contributed by atoms with van der Waals surface area (Å²) in [4.78, 5) is 2.25. The Morgan fingerprint density at radius 1 is 1.36 bits per heavy atom. The van der Waals surface area contributed by atoms with E-state index in [1.54, 1.807) is 7.11 Å². The number of hydrogen-bond acceptors (Lipinski definition) is 3. The molecule has 0 aliphatic heterocycles. The van der Waals surface area contributed by atoms with E-state index in [1.165, 1.54) is 0 Å². The molecular formula is C11H28N2O. The van der Waals surface area contributed by atoms with Gasteiger partial charge in [0, 0.05) is 20.2 Å². The SMILES string of the molecule is CC.CCN(C)CC(C)(CNC)OC. The van der Waals surface area contributed by atoms with Gasteiger partial charge in [-0.25, -0.2) is 0 Å². The second kappa shape index (κ2) is 9.44. The fraction of sp³-hybridized carbons (Fsp3) is 1.00. The molecule has 14 heavy (non-hydrogen) atoms.